The quantitative estimate of drug-likeness (QED) is 0.633. The highest BCUT2D eigenvalue weighted by atomic mass is 16.7. The number of nitrogens with one attached hydrogen (secondary N) is 2. The Morgan fingerprint density at radius 3 is 2.48 bits per heavy atom. The minimum absolute atomic E-state index is 0.0221. The Morgan fingerprint density at radius 2 is 1.76 bits per heavy atom. The summed E-state index contributed by atoms with van der Waals surface area (Å²) in [5, 5.41) is 5.68. The fourth-order valence-electron chi connectivity index (χ4n) is 4.14. The maximum Gasteiger partial charge on any atom is 0.253 e. The van der Waals surface area contributed by atoms with Crippen LogP contribution in [0, 0.1) is 5.92 Å². The number of hydrogen-bond acceptors (Lipinski definition) is 5. The molecule has 2 aliphatic rings. The standard InChI is InChI=1S/C25H27N3O5/c1-2-12-26-24(30)22(27-23(29)19-8-9-20-21(15-19)33-16-32-20)17-10-13-28(14-11-17)25(31)18-6-4-3-5-7-18/h2-9,15,17,22H,1,10-14,16H2,(H,26,30)(H,27,29). The summed E-state index contributed by atoms with van der Waals surface area (Å²) in [6, 6.07) is 13.3. The van der Waals surface area contributed by atoms with Gasteiger partial charge in [-0.2, -0.15) is 0 Å². The van der Waals surface area contributed by atoms with Crippen LogP contribution in [-0.2, 0) is 4.79 Å². The van der Waals surface area contributed by atoms with Crippen molar-refractivity contribution < 1.29 is 23.9 Å². The summed E-state index contributed by atoms with van der Waals surface area (Å²) in [4.78, 5) is 40.4. The summed E-state index contributed by atoms with van der Waals surface area (Å²) < 4.78 is 10.6. The molecule has 1 atom stereocenters. The Kier molecular flexibility index (Phi) is 6.92. The summed E-state index contributed by atoms with van der Waals surface area (Å²) in [5.74, 6) is 0.329. The lowest BCUT2D eigenvalue weighted by molar-refractivity contribution is -0.124. The van der Waals surface area contributed by atoms with Crippen LogP contribution in [0.15, 0.2) is 61.2 Å². The molecule has 1 saturated heterocycles. The number of carbonyl (C=O) groups is 3. The van der Waals surface area contributed by atoms with Crippen LogP contribution in [0.4, 0.5) is 0 Å². The number of fused-ring (bicyclic) bond motifs is 1. The van der Waals surface area contributed by atoms with Crippen molar-refractivity contribution in [1.82, 2.24) is 15.5 Å². The van der Waals surface area contributed by atoms with Crippen LogP contribution in [0.25, 0.3) is 0 Å². The normalized spacial score (nSPS) is 16.1. The van der Waals surface area contributed by atoms with Crippen molar-refractivity contribution in [3.05, 3.63) is 72.3 Å². The van der Waals surface area contributed by atoms with Gasteiger partial charge in [0.05, 0.1) is 0 Å². The first kappa shape index (κ1) is 22.4. The number of nitrogens with zero attached hydrogens (tertiary/aromatic N) is 1. The van der Waals surface area contributed by atoms with E-state index in [1.54, 1.807) is 41.3 Å². The molecule has 3 amide bonds. The lowest BCUT2D eigenvalue weighted by atomic mass is 9.88. The smallest absolute Gasteiger partial charge is 0.253 e. The maximum atomic E-state index is 13.0. The summed E-state index contributed by atoms with van der Waals surface area (Å²) >= 11 is 0. The van der Waals surface area contributed by atoms with Gasteiger partial charge in [0.25, 0.3) is 11.8 Å². The van der Waals surface area contributed by atoms with E-state index < -0.39 is 6.04 Å². The third kappa shape index (κ3) is 5.16. The SMILES string of the molecule is C=CCNC(=O)C(NC(=O)c1ccc2c(c1)OCO2)C1CCN(C(=O)c2ccccc2)CC1. The molecule has 0 spiro atoms. The molecule has 2 heterocycles. The number of amides is 3. The van der Waals surface area contributed by atoms with E-state index in [9.17, 15) is 14.4 Å². The molecule has 0 saturated carbocycles. The zero-order valence-corrected chi connectivity index (χ0v) is 18.3. The minimum Gasteiger partial charge on any atom is -0.454 e. The molecule has 0 aliphatic carbocycles. The molecular weight excluding hydrogens is 422 g/mol. The first-order valence-corrected chi connectivity index (χ1v) is 11.0. The average molecular weight is 450 g/mol. The molecule has 33 heavy (non-hydrogen) atoms. The summed E-state index contributed by atoms with van der Waals surface area (Å²) in [6.07, 6.45) is 2.80. The Bertz CT molecular complexity index is 1030. The Balaban J connectivity index is 1.43. The molecule has 0 radical (unpaired) electrons. The van der Waals surface area contributed by atoms with Gasteiger partial charge in [0.1, 0.15) is 6.04 Å². The van der Waals surface area contributed by atoms with Crippen LogP contribution in [0.1, 0.15) is 33.6 Å². The Hall–Kier alpha value is -3.81. The van der Waals surface area contributed by atoms with Crippen LogP contribution in [0.5, 0.6) is 11.5 Å². The number of rotatable bonds is 7. The van der Waals surface area contributed by atoms with Gasteiger partial charge in [-0.15, -0.1) is 6.58 Å². The third-order valence-electron chi connectivity index (χ3n) is 5.94. The van der Waals surface area contributed by atoms with Crippen molar-refractivity contribution in [3.63, 3.8) is 0 Å². The highest BCUT2D eigenvalue weighted by Crippen LogP contribution is 2.32. The highest BCUT2D eigenvalue weighted by molar-refractivity contribution is 5.98. The van der Waals surface area contributed by atoms with Gasteiger partial charge < -0.3 is 25.0 Å². The van der Waals surface area contributed by atoms with E-state index in [-0.39, 0.29) is 30.4 Å². The van der Waals surface area contributed by atoms with Crippen molar-refractivity contribution in [3.8, 4) is 11.5 Å². The summed E-state index contributed by atoms with van der Waals surface area (Å²) in [5.41, 5.74) is 1.03. The number of benzene rings is 2. The molecule has 2 aromatic carbocycles. The second kappa shape index (κ2) is 10.2. The van der Waals surface area contributed by atoms with Gasteiger partial charge in [0.2, 0.25) is 12.7 Å². The Labute approximate surface area is 192 Å². The van der Waals surface area contributed by atoms with Crippen molar-refractivity contribution in [2.75, 3.05) is 26.4 Å². The van der Waals surface area contributed by atoms with E-state index in [0.29, 0.717) is 55.1 Å². The molecule has 2 N–H and O–H groups in total. The monoisotopic (exact) mass is 449 g/mol. The van der Waals surface area contributed by atoms with Gasteiger partial charge in [0, 0.05) is 30.8 Å². The molecule has 4 rings (SSSR count). The van der Waals surface area contributed by atoms with Gasteiger partial charge >= 0.3 is 0 Å². The van der Waals surface area contributed by atoms with Gasteiger partial charge in [-0.05, 0) is 49.1 Å². The molecular formula is C25H27N3O5. The molecule has 2 aromatic rings. The fourth-order valence-corrected chi connectivity index (χ4v) is 4.14. The lowest BCUT2D eigenvalue weighted by Crippen LogP contribution is -2.53. The molecule has 172 valence electrons. The lowest BCUT2D eigenvalue weighted by Gasteiger charge is -2.35. The van der Waals surface area contributed by atoms with E-state index in [2.05, 4.69) is 17.2 Å². The predicted octanol–water partition coefficient (Wildman–Crippen LogP) is 2.37. The number of piperidine rings is 1. The zero-order chi connectivity index (χ0) is 23.2. The number of carbonyl (C=O) groups excluding carboxylic acids is 3. The predicted molar refractivity (Wildman–Crippen MR) is 122 cm³/mol. The van der Waals surface area contributed by atoms with E-state index in [4.69, 9.17) is 9.47 Å². The van der Waals surface area contributed by atoms with Gasteiger partial charge in [-0.1, -0.05) is 24.3 Å². The number of ether oxygens (including phenoxy) is 2. The highest BCUT2D eigenvalue weighted by Gasteiger charge is 2.34. The van der Waals surface area contributed by atoms with Crippen LogP contribution in [-0.4, -0.2) is 55.1 Å². The van der Waals surface area contributed by atoms with Crippen LogP contribution in [0.3, 0.4) is 0 Å². The average Bonchev–Trinajstić information content (AvgIpc) is 3.34. The molecule has 0 aromatic heterocycles. The van der Waals surface area contributed by atoms with Crippen molar-refractivity contribution in [1.29, 1.82) is 0 Å². The van der Waals surface area contributed by atoms with Crippen LogP contribution in [0.2, 0.25) is 0 Å². The van der Waals surface area contributed by atoms with E-state index in [1.165, 1.54) is 0 Å². The van der Waals surface area contributed by atoms with E-state index in [1.807, 2.05) is 18.2 Å². The van der Waals surface area contributed by atoms with Gasteiger partial charge in [-0.25, -0.2) is 0 Å². The number of likely N-dealkylation sites (tertiary alicyclic amines) is 1. The molecule has 1 unspecified atom stereocenters. The minimum atomic E-state index is -0.725. The second-order valence-corrected chi connectivity index (χ2v) is 8.05. The molecule has 8 heteroatoms. The van der Waals surface area contributed by atoms with Crippen LogP contribution >= 0.6 is 0 Å². The van der Waals surface area contributed by atoms with E-state index >= 15 is 0 Å². The third-order valence-corrected chi connectivity index (χ3v) is 5.94. The maximum absolute atomic E-state index is 13.0. The Morgan fingerprint density at radius 1 is 1.03 bits per heavy atom. The number of hydrogen-bond donors (Lipinski definition) is 2. The summed E-state index contributed by atoms with van der Waals surface area (Å²) in [7, 11) is 0. The van der Waals surface area contributed by atoms with Crippen LogP contribution < -0.4 is 20.1 Å². The molecule has 0 bridgehead atoms. The van der Waals surface area contributed by atoms with E-state index in [0.717, 1.165) is 0 Å². The first-order chi connectivity index (χ1) is 16.1. The van der Waals surface area contributed by atoms with Crippen molar-refractivity contribution in [2.45, 2.75) is 18.9 Å². The molecule has 8 nitrogen and oxygen atoms in total. The summed E-state index contributed by atoms with van der Waals surface area (Å²) in [6.45, 7) is 5.09. The fraction of sp³-hybridized carbons (Fsp3) is 0.320. The largest absolute Gasteiger partial charge is 0.454 e. The van der Waals surface area contributed by atoms with Gasteiger partial charge in [-0.3, -0.25) is 14.4 Å². The molecule has 2 aliphatic heterocycles. The van der Waals surface area contributed by atoms with Crippen molar-refractivity contribution in [2.24, 2.45) is 5.92 Å². The first-order valence-electron chi connectivity index (χ1n) is 11.0. The van der Waals surface area contributed by atoms with Crippen molar-refractivity contribution >= 4 is 17.7 Å². The zero-order valence-electron chi connectivity index (χ0n) is 18.3. The topological polar surface area (TPSA) is 97.0 Å². The molecule has 1 fully saturated rings. The second-order valence-electron chi connectivity index (χ2n) is 8.05. The van der Waals surface area contributed by atoms with Gasteiger partial charge in [0.15, 0.2) is 11.5 Å².